The van der Waals surface area contributed by atoms with Crippen molar-refractivity contribution in [2.75, 3.05) is 26.3 Å². The molecule has 10 nitrogen and oxygen atoms in total. The summed E-state index contributed by atoms with van der Waals surface area (Å²) in [5.74, 6) is -4.03. The maximum Gasteiger partial charge on any atom is 0.419 e. The van der Waals surface area contributed by atoms with Crippen molar-refractivity contribution in [2.45, 2.75) is 76.2 Å². The molecule has 6 aromatic rings. The number of hydrogen-bond donors (Lipinski definition) is 4. The fourth-order valence-corrected chi connectivity index (χ4v) is 7.10. The van der Waals surface area contributed by atoms with E-state index < -0.39 is 83.4 Å². The Morgan fingerprint density at radius 3 is 1.29 bits per heavy atom. The molecule has 4 N–H and O–H groups in total. The van der Waals surface area contributed by atoms with Crippen molar-refractivity contribution >= 4 is 33.7 Å². The summed E-state index contributed by atoms with van der Waals surface area (Å²) < 4.78 is 105. The molecule has 0 saturated heterocycles. The lowest BCUT2D eigenvalue weighted by Crippen LogP contribution is -2.49. The highest BCUT2D eigenvalue weighted by Crippen LogP contribution is 2.37. The topological polar surface area (TPSA) is 127 Å². The van der Waals surface area contributed by atoms with E-state index in [1.54, 1.807) is 0 Å². The average molecular weight is 867 g/mol. The number of carbonyl (C=O) groups excluding carboxylic acids is 2. The average Bonchev–Trinajstić information content (AvgIpc) is 3.82. The molecule has 0 aliphatic heterocycles. The number of esters is 2. The van der Waals surface area contributed by atoms with Gasteiger partial charge in [0.2, 0.25) is 0 Å². The normalized spacial score (nSPS) is 13.5. The van der Waals surface area contributed by atoms with E-state index in [2.05, 4.69) is 20.6 Å². The van der Waals surface area contributed by atoms with Gasteiger partial charge in [-0.1, -0.05) is 60.7 Å². The smallest absolute Gasteiger partial charge is 0.419 e. The summed E-state index contributed by atoms with van der Waals surface area (Å²) in [6.07, 6.45) is -7.41. The molecule has 0 aliphatic carbocycles. The molecule has 16 heteroatoms. The molecule has 0 fully saturated rings. The minimum atomic E-state index is -4.75. The zero-order valence-electron chi connectivity index (χ0n) is 34.5. The summed E-state index contributed by atoms with van der Waals surface area (Å²) >= 11 is 0. The number of halogens is 6. The Balaban J connectivity index is 1.18. The van der Waals surface area contributed by atoms with Crippen molar-refractivity contribution in [3.05, 3.63) is 132 Å². The fourth-order valence-electron chi connectivity index (χ4n) is 7.10. The molecule has 0 bridgehead atoms. The number of benzene rings is 4. The third kappa shape index (κ3) is 12.1. The van der Waals surface area contributed by atoms with Crippen LogP contribution in [0.3, 0.4) is 0 Å². The molecule has 2 aromatic heterocycles. The van der Waals surface area contributed by atoms with E-state index in [1.807, 2.05) is 88.6 Å². The molecule has 4 aromatic carbocycles. The Morgan fingerprint density at radius 1 is 0.548 bits per heavy atom. The van der Waals surface area contributed by atoms with Gasteiger partial charge in [0.15, 0.2) is 0 Å². The Labute approximate surface area is 354 Å². The SMILES string of the molecule is CC(C)(Cc1c[nH]c2ccccc12)NCC(COc1ccccc1C(F)(F)F)OC(=O)C(=O)OC(CNC(C)(C)Cc1c[nH]c2ccccc12)COc1ccccc1C(F)(F)F. The van der Waals surface area contributed by atoms with E-state index in [-0.39, 0.29) is 13.1 Å². The predicted octanol–water partition coefficient (Wildman–Crippen LogP) is 9.19. The number of ether oxygens (including phenoxy) is 4. The van der Waals surface area contributed by atoms with Gasteiger partial charge in [0.05, 0.1) is 11.1 Å². The van der Waals surface area contributed by atoms with E-state index >= 15 is 0 Å². The van der Waals surface area contributed by atoms with Crippen LogP contribution < -0.4 is 20.1 Å². The molecule has 330 valence electrons. The van der Waals surface area contributed by atoms with Gasteiger partial charge in [-0.05, 0) is 88.1 Å². The molecule has 2 unspecified atom stereocenters. The van der Waals surface area contributed by atoms with Crippen LogP contribution in [0.4, 0.5) is 26.3 Å². The Hall–Kier alpha value is -6.00. The molecule has 0 radical (unpaired) electrons. The standard InChI is InChI=1S/C46H48F6N4O6/c1-43(2,21-29-23-53-37-17-9-5-13-33(29)37)55-25-31(27-59-39-19-11-7-15-35(39)45(47,48)49)61-41(57)42(58)62-32(28-60-40-20-12-8-16-36(40)46(50,51)52)26-56-44(3,4)22-30-24-54-38-18-10-6-14-34(30)38/h5-20,23-24,31-32,53-56H,21-22,25-28H2,1-4H3. The molecule has 0 amide bonds. The van der Waals surface area contributed by atoms with Gasteiger partial charge in [0.25, 0.3) is 0 Å². The summed E-state index contributed by atoms with van der Waals surface area (Å²) in [4.78, 5) is 33.4. The van der Waals surface area contributed by atoms with E-state index in [1.165, 1.54) is 24.3 Å². The van der Waals surface area contributed by atoms with Crippen LogP contribution in [-0.4, -0.2) is 71.5 Å². The molecule has 2 atom stereocenters. The Kier molecular flexibility index (Phi) is 13.9. The van der Waals surface area contributed by atoms with Crippen molar-refractivity contribution in [3.63, 3.8) is 0 Å². The highest BCUT2D eigenvalue weighted by molar-refractivity contribution is 6.29. The van der Waals surface area contributed by atoms with Gasteiger partial charge in [0, 0.05) is 58.4 Å². The van der Waals surface area contributed by atoms with Crippen LogP contribution in [0.5, 0.6) is 11.5 Å². The minimum absolute atomic E-state index is 0.160. The molecule has 0 spiro atoms. The highest BCUT2D eigenvalue weighted by Gasteiger charge is 2.36. The number of fused-ring (bicyclic) bond motifs is 2. The van der Waals surface area contributed by atoms with Gasteiger partial charge in [-0.2, -0.15) is 26.3 Å². The third-order valence-electron chi connectivity index (χ3n) is 10.2. The first-order chi connectivity index (χ1) is 29.3. The van der Waals surface area contributed by atoms with Gasteiger partial charge in [-0.15, -0.1) is 0 Å². The zero-order valence-corrected chi connectivity index (χ0v) is 34.5. The summed E-state index contributed by atoms with van der Waals surface area (Å²) in [6.45, 7) is 6.04. The summed E-state index contributed by atoms with van der Waals surface area (Å²) in [7, 11) is 0. The van der Waals surface area contributed by atoms with Crippen LogP contribution in [-0.2, 0) is 44.3 Å². The fraction of sp³-hybridized carbons (Fsp3) is 0.348. The number of rotatable bonds is 18. The first-order valence-corrected chi connectivity index (χ1v) is 19.9. The largest absolute Gasteiger partial charge is 0.489 e. The zero-order chi connectivity index (χ0) is 44.7. The maximum atomic E-state index is 13.8. The molecule has 62 heavy (non-hydrogen) atoms. The third-order valence-corrected chi connectivity index (χ3v) is 10.2. The van der Waals surface area contributed by atoms with Crippen molar-refractivity contribution in [1.82, 2.24) is 20.6 Å². The van der Waals surface area contributed by atoms with Gasteiger partial charge in [0.1, 0.15) is 36.9 Å². The van der Waals surface area contributed by atoms with Crippen molar-refractivity contribution in [2.24, 2.45) is 0 Å². The van der Waals surface area contributed by atoms with E-state index in [9.17, 15) is 35.9 Å². The van der Waals surface area contributed by atoms with Crippen LogP contribution in [0.15, 0.2) is 109 Å². The number of aromatic nitrogens is 2. The molecule has 0 saturated carbocycles. The van der Waals surface area contributed by atoms with Gasteiger partial charge in [-0.3, -0.25) is 0 Å². The molecule has 6 rings (SSSR count). The van der Waals surface area contributed by atoms with E-state index in [4.69, 9.17) is 18.9 Å². The predicted molar refractivity (Wildman–Crippen MR) is 222 cm³/mol. The molecule has 0 aliphatic rings. The van der Waals surface area contributed by atoms with E-state index in [0.717, 1.165) is 57.2 Å². The number of alkyl halides is 6. The Bertz CT molecular complexity index is 2290. The van der Waals surface area contributed by atoms with Crippen LogP contribution in [0.2, 0.25) is 0 Å². The van der Waals surface area contributed by atoms with Crippen molar-refractivity contribution in [1.29, 1.82) is 0 Å². The summed E-state index contributed by atoms with van der Waals surface area (Å²) in [6, 6.07) is 24.5. The lowest BCUT2D eigenvalue weighted by Gasteiger charge is -2.30. The number of hydrogen-bond acceptors (Lipinski definition) is 8. The van der Waals surface area contributed by atoms with Crippen molar-refractivity contribution < 1.29 is 54.9 Å². The minimum Gasteiger partial charge on any atom is -0.489 e. The van der Waals surface area contributed by atoms with Crippen LogP contribution in [0.25, 0.3) is 21.8 Å². The van der Waals surface area contributed by atoms with Crippen LogP contribution in [0, 0.1) is 0 Å². The Morgan fingerprint density at radius 2 is 0.903 bits per heavy atom. The first kappa shape index (κ1) is 45.5. The second kappa shape index (κ2) is 18.9. The quantitative estimate of drug-likeness (QED) is 0.0383. The summed E-state index contributed by atoms with van der Waals surface area (Å²) in [5.41, 5.74) is 0.396. The van der Waals surface area contributed by atoms with E-state index in [0.29, 0.717) is 12.8 Å². The van der Waals surface area contributed by atoms with Gasteiger partial charge >= 0.3 is 24.3 Å². The van der Waals surface area contributed by atoms with Crippen molar-refractivity contribution in [3.8, 4) is 11.5 Å². The highest BCUT2D eigenvalue weighted by atomic mass is 19.4. The molecular formula is C46H48F6N4O6. The number of H-pyrrole nitrogens is 2. The number of carbonyl (C=O) groups is 2. The maximum absolute atomic E-state index is 13.8. The lowest BCUT2D eigenvalue weighted by molar-refractivity contribution is -0.175. The van der Waals surface area contributed by atoms with Gasteiger partial charge in [-0.25, -0.2) is 9.59 Å². The monoisotopic (exact) mass is 866 g/mol. The number of aromatic amines is 2. The van der Waals surface area contributed by atoms with Gasteiger partial charge < -0.3 is 39.5 Å². The van der Waals surface area contributed by atoms with Crippen LogP contribution in [0.1, 0.15) is 49.9 Å². The first-order valence-electron chi connectivity index (χ1n) is 19.9. The number of para-hydroxylation sites is 4. The lowest BCUT2D eigenvalue weighted by atomic mass is 9.94. The second-order valence-electron chi connectivity index (χ2n) is 16.3. The second-order valence-corrected chi connectivity index (χ2v) is 16.3. The van der Waals surface area contributed by atoms with Crippen LogP contribution >= 0.6 is 0 Å². The number of nitrogens with one attached hydrogen (secondary N) is 4. The summed E-state index contributed by atoms with van der Waals surface area (Å²) in [5, 5.41) is 8.55. The molecular weight excluding hydrogens is 819 g/mol. The molecule has 2 heterocycles.